The van der Waals surface area contributed by atoms with Crippen LogP contribution in [0, 0.1) is 6.92 Å². The second-order valence-corrected chi connectivity index (χ2v) is 4.59. The van der Waals surface area contributed by atoms with Gasteiger partial charge in [0.25, 0.3) is 0 Å². The number of nitrogens with zero attached hydrogens (tertiary/aromatic N) is 2. The highest BCUT2D eigenvalue weighted by Crippen LogP contribution is 2.33. The van der Waals surface area contributed by atoms with Crippen LogP contribution in [0.2, 0.25) is 0 Å². The summed E-state index contributed by atoms with van der Waals surface area (Å²) in [6.07, 6.45) is 1.25. The van der Waals surface area contributed by atoms with E-state index in [2.05, 4.69) is 0 Å². The molecule has 2 amide bonds. The zero-order valence-electron chi connectivity index (χ0n) is 9.72. The zero-order chi connectivity index (χ0) is 12.0. The van der Waals surface area contributed by atoms with Crippen molar-refractivity contribution in [1.29, 1.82) is 0 Å². The molecule has 0 saturated carbocycles. The second-order valence-electron chi connectivity index (χ2n) is 4.59. The molecule has 2 saturated heterocycles. The lowest BCUT2D eigenvalue weighted by Gasteiger charge is -2.25. The zero-order valence-corrected chi connectivity index (χ0v) is 9.72. The van der Waals surface area contributed by atoms with Crippen LogP contribution in [0.25, 0.3) is 0 Å². The van der Waals surface area contributed by atoms with E-state index in [9.17, 15) is 9.59 Å². The van der Waals surface area contributed by atoms with Gasteiger partial charge >= 0.3 is 0 Å². The maximum absolute atomic E-state index is 12.0. The Morgan fingerprint density at radius 3 is 2.71 bits per heavy atom. The number of aryl methyl sites for hydroxylation is 1. The molecule has 0 bridgehead atoms. The number of hydrogen-bond donors (Lipinski definition) is 0. The fourth-order valence-electron chi connectivity index (χ4n) is 2.70. The molecule has 4 heteroatoms. The van der Waals surface area contributed by atoms with Gasteiger partial charge in [-0.15, -0.1) is 0 Å². The second kappa shape index (κ2) is 3.58. The van der Waals surface area contributed by atoms with Crippen molar-refractivity contribution in [2.24, 2.45) is 0 Å². The molecule has 0 aliphatic carbocycles. The van der Waals surface area contributed by atoms with Gasteiger partial charge in [-0.2, -0.15) is 0 Å². The number of carbonyl (C=O) groups excluding carboxylic acids is 2. The quantitative estimate of drug-likeness (QED) is 0.729. The third-order valence-electron chi connectivity index (χ3n) is 3.54. The highest BCUT2D eigenvalue weighted by atomic mass is 16.2. The number of rotatable bonds is 1. The van der Waals surface area contributed by atoms with Crippen molar-refractivity contribution in [2.45, 2.75) is 25.9 Å². The van der Waals surface area contributed by atoms with E-state index in [0.29, 0.717) is 6.42 Å². The predicted octanol–water partition coefficient (Wildman–Crippen LogP) is 1.29. The molecule has 1 aromatic rings. The number of hydrogen-bond acceptors (Lipinski definition) is 2. The number of benzene rings is 1. The van der Waals surface area contributed by atoms with Crippen LogP contribution in [0.5, 0.6) is 0 Å². The van der Waals surface area contributed by atoms with Gasteiger partial charge in [-0.25, -0.2) is 0 Å². The van der Waals surface area contributed by atoms with Crippen molar-refractivity contribution in [3.63, 3.8) is 0 Å². The molecule has 2 heterocycles. The average molecular weight is 230 g/mol. The number of anilines is 1. The summed E-state index contributed by atoms with van der Waals surface area (Å²) in [5.74, 6) is 0.122. The van der Waals surface area contributed by atoms with E-state index in [4.69, 9.17) is 0 Å². The maximum atomic E-state index is 12.0. The standard InChI is InChI=1S/C13H14N2O2/c1-9-4-2-3-5-10(9)15-11-6-7-12(16)14(11)8-13(15)17/h2-5,11H,6-8H2,1H3/t11-/m1/s1. The van der Waals surface area contributed by atoms with Crippen LogP contribution in [0.3, 0.4) is 0 Å². The number of fused-ring (bicyclic) bond motifs is 1. The SMILES string of the molecule is Cc1ccccc1N1C(=O)CN2C(=O)CC[C@H]21. The highest BCUT2D eigenvalue weighted by Gasteiger charge is 2.45. The van der Waals surface area contributed by atoms with E-state index in [1.54, 1.807) is 9.80 Å². The van der Waals surface area contributed by atoms with Crippen molar-refractivity contribution in [3.8, 4) is 0 Å². The molecule has 1 atom stereocenters. The first kappa shape index (κ1) is 10.3. The van der Waals surface area contributed by atoms with Gasteiger partial charge in [0.1, 0.15) is 12.7 Å². The van der Waals surface area contributed by atoms with Crippen molar-refractivity contribution in [2.75, 3.05) is 11.4 Å². The molecule has 0 aromatic heterocycles. The first-order valence-electron chi connectivity index (χ1n) is 5.85. The molecule has 4 nitrogen and oxygen atoms in total. The van der Waals surface area contributed by atoms with E-state index >= 15 is 0 Å². The summed E-state index contributed by atoms with van der Waals surface area (Å²) in [5.41, 5.74) is 2.00. The minimum absolute atomic E-state index is 0.0253. The van der Waals surface area contributed by atoms with Gasteiger partial charge < -0.3 is 4.90 Å². The summed E-state index contributed by atoms with van der Waals surface area (Å²) >= 11 is 0. The van der Waals surface area contributed by atoms with Crippen LogP contribution in [0.15, 0.2) is 24.3 Å². The Morgan fingerprint density at radius 1 is 1.18 bits per heavy atom. The first-order valence-corrected chi connectivity index (χ1v) is 5.85. The lowest BCUT2D eigenvalue weighted by Crippen LogP contribution is -2.36. The van der Waals surface area contributed by atoms with Crippen molar-refractivity contribution < 1.29 is 9.59 Å². The topological polar surface area (TPSA) is 40.6 Å². The van der Waals surface area contributed by atoms with Crippen LogP contribution in [-0.4, -0.2) is 29.4 Å². The van der Waals surface area contributed by atoms with Crippen molar-refractivity contribution >= 4 is 17.5 Å². The van der Waals surface area contributed by atoms with Crippen LogP contribution >= 0.6 is 0 Å². The average Bonchev–Trinajstić information content (AvgIpc) is 2.80. The molecule has 1 aromatic carbocycles. The predicted molar refractivity (Wildman–Crippen MR) is 63.4 cm³/mol. The number of para-hydroxylation sites is 1. The van der Waals surface area contributed by atoms with Crippen LogP contribution in [-0.2, 0) is 9.59 Å². The molecule has 0 spiro atoms. The Bertz CT molecular complexity index is 498. The van der Waals surface area contributed by atoms with E-state index in [1.807, 2.05) is 31.2 Å². The van der Waals surface area contributed by atoms with E-state index in [-0.39, 0.29) is 24.5 Å². The number of carbonyl (C=O) groups is 2. The summed E-state index contributed by atoms with van der Waals surface area (Å²) < 4.78 is 0. The van der Waals surface area contributed by atoms with Gasteiger partial charge in [0, 0.05) is 12.1 Å². The van der Waals surface area contributed by atoms with Gasteiger partial charge in [-0.1, -0.05) is 18.2 Å². The smallest absolute Gasteiger partial charge is 0.248 e. The summed E-state index contributed by atoms with van der Waals surface area (Å²) in [4.78, 5) is 27.1. The third-order valence-corrected chi connectivity index (χ3v) is 3.54. The minimum Gasteiger partial charge on any atom is -0.312 e. The Hall–Kier alpha value is -1.84. The normalized spacial score (nSPS) is 23.5. The maximum Gasteiger partial charge on any atom is 0.248 e. The molecule has 3 rings (SSSR count). The molecule has 0 unspecified atom stereocenters. The third kappa shape index (κ3) is 1.44. The lowest BCUT2D eigenvalue weighted by molar-refractivity contribution is -0.129. The molecule has 17 heavy (non-hydrogen) atoms. The molecule has 0 N–H and O–H groups in total. The molecule has 0 radical (unpaired) electrons. The Balaban J connectivity index is 2.01. The Kier molecular flexibility index (Phi) is 2.18. The summed E-state index contributed by atoms with van der Waals surface area (Å²) in [6.45, 7) is 2.22. The van der Waals surface area contributed by atoms with E-state index in [0.717, 1.165) is 17.7 Å². The van der Waals surface area contributed by atoms with Crippen LogP contribution in [0.1, 0.15) is 18.4 Å². The van der Waals surface area contributed by atoms with Crippen molar-refractivity contribution in [1.82, 2.24) is 4.90 Å². The van der Waals surface area contributed by atoms with Gasteiger partial charge in [-0.3, -0.25) is 14.5 Å². The molecule has 2 aliphatic heterocycles. The highest BCUT2D eigenvalue weighted by molar-refractivity contribution is 6.02. The molecular formula is C13H14N2O2. The van der Waals surface area contributed by atoms with Gasteiger partial charge in [0.05, 0.1) is 0 Å². The van der Waals surface area contributed by atoms with E-state index < -0.39 is 0 Å². The summed E-state index contributed by atoms with van der Waals surface area (Å²) in [6, 6.07) is 7.81. The fourth-order valence-corrected chi connectivity index (χ4v) is 2.70. The molecule has 2 fully saturated rings. The Morgan fingerprint density at radius 2 is 1.94 bits per heavy atom. The Labute approximate surface area is 99.8 Å². The van der Waals surface area contributed by atoms with Crippen molar-refractivity contribution in [3.05, 3.63) is 29.8 Å². The molecular weight excluding hydrogens is 216 g/mol. The molecule has 2 aliphatic rings. The van der Waals surface area contributed by atoms with Crippen LogP contribution in [0.4, 0.5) is 5.69 Å². The minimum atomic E-state index is -0.0592. The lowest BCUT2D eigenvalue weighted by atomic mass is 10.1. The van der Waals surface area contributed by atoms with Gasteiger partial charge in [0.15, 0.2) is 0 Å². The number of amides is 2. The summed E-state index contributed by atoms with van der Waals surface area (Å²) in [7, 11) is 0. The monoisotopic (exact) mass is 230 g/mol. The largest absolute Gasteiger partial charge is 0.312 e. The van der Waals surface area contributed by atoms with E-state index in [1.165, 1.54) is 0 Å². The van der Waals surface area contributed by atoms with Gasteiger partial charge in [-0.05, 0) is 25.0 Å². The fraction of sp³-hybridized carbons (Fsp3) is 0.385. The van der Waals surface area contributed by atoms with Gasteiger partial charge in [0.2, 0.25) is 11.8 Å². The summed E-state index contributed by atoms with van der Waals surface area (Å²) in [5, 5.41) is 0. The van der Waals surface area contributed by atoms with Crippen LogP contribution < -0.4 is 4.90 Å². The first-order chi connectivity index (χ1) is 8.18. The molecule has 88 valence electrons.